The van der Waals surface area contributed by atoms with Crippen molar-refractivity contribution in [3.05, 3.63) is 29.8 Å². The Kier molecular flexibility index (Phi) is 3.59. The highest BCUT2D eigenvalue weighted by Crippen LogP contribution is 2.18. The van der Waals surface area contributed by atoms with Gasteiger partial charge >= 0.3 is 0 Å². The van der Waals surface area contributed by atoms with Crippen molar-refractivity contribution in [1.29, 1.82) is 0 Å². The van der Waals surface area contributed by atoms with E-state index < -0.39 is 0 Å². The number of rotatable bonds is 3. The molecule has 0 aliphatic carbocycles. The molecule has 0 aliphatic heterocycles. The van der Waals surface area contributed by atoms with Crippen LogP contribution >= 0.6 is 0 Å². The molecule has 1 N–H and O–H groups in total. The quantitative estimate of drug-likeness (QED) is 0.716. The SMILES string of the molecule is C#CC(C)Nc1cccc(C(C)C)c1. The van der Waals surface area contributed by atoms with Gasteiger partial charge in [0.1, 0.15) is 0 Å². The summed E-state index contributed by atoms with van der Waals surface area (Å²) < 4.78 is 0. The number of hydrogen-bond donors (Lipinski definition) is 1. The third kappa shape index (κ3) is 2.81. The number of hydrogen-bond acceptors (Lipinski definition) is 1. The van der Waals surface area contributed by atoms with E-state index in [0.29, 0.717) is 5.92 Å². The molecule has 0 saturated carbocycles. The van der Waals surface area contributed by atoms with Crippen LogP contribution in [-0.2, 0) is 0 Å². The van der Waals surface area contributed by atoms with Crippen molar-refractivity contribution in [2.45, 2.75) is 32.7 Å². The summed E-state index contributed by atoms with van der Waals surface area (Å²) in [5.41, 5.74) is 2.43. The lowest BCUT2D eigenvalue weighted by Gasteiger charge is -2.12. The molecule has 1 heteroatoms. The second kappa shape index (κ2) is 4.72. The molecule has 14 heavy (non-hydrogen) atoms. The van der Waals surface area contributed by atoms with Gasteiger partial charge in [0.25, 0.3) is 0 Å². The zero-order valence-electron chi connectivity index (χ0n) is 9.04. The van der Waals surface area contributed by atoms with Gasteiger partial charge in [0.05, 0.1) is 6.04 Å². The zero-order valence-corrected chi connectivity index (χ0v) is 9.04. The fourth-order valence-electron chi connectivity index (χ4n) is 1.28. The summed E-state index contributed by atoms with van der Waals surface area (Å²) in [5.74, 6) is 3.20. The molecule has 1 atom stereocenters. The lowest BCUT2D eigenvalue weighted by Crippen LogP contribution is -2.11. The van der Waals surface area contributed by atoms with E-state index in [1.54, 1.807) is 0 Å². The van der Waals surface area contributed by atoms with Gasteiger partial charge in [0.2, 0.25) is 0 Å². The number of nitrogens with one attached hydrogen (secondary N) is 1. The van der Waals surface area contributed by atoms with Gasteiger partial charge < -0.3 is 5.32 Å². The number of terminal acetylenes is 1. The minimum Gasteiger partial charge on any atom is -0.372 e. The predicted molar refractivity (Wildman–Crippen MR) is 62.4 cm³/mol. The molecular weight excluding hydrogens is 170 g/mol. The van der Waals surface area contributed by atoms with Crippen molar-refractivity contribution in [3.8, 4) is 12.3 Å². The first-order valence-electron chi connectivity index (χ1n) is 4.96. The lowest BCUT2D eigenvalue weighted by atomic mass is 10.0. The molecule has 1 unspecified atom stereocenters. The molecule has 1 aromatic rings. The Labute approximate surface area is 86.5 Å². The van der Waals surface area contributed by atoms with Crippen LogP contribution in [0.1, 0.15) is 32.3 Å². The fourth-order valence-corrected chi connectivity index (χ4v) is 1.28. The molecule has 0 saturated heterocycles. The molecule has 0 amide bonds. The largest absolute Gasteiger partial charge is 0.372 e. The molecule has 1 nitrogen and oxygen atoms in total. The Morgan fingerprint density at radius 3 is 2.57 bits per heavy atom. The average Bonchev–Trinajstić information content (AvgIpc) is 2.18. The van der Waals surface area contributed by atoms with Crippen LogP contribution in [0.15, 0.2) is 24.3 Å². The summed E-state index contributed by atoms with van der Waals surface area (Å²) in [4.78, 5) is 0. The molecule has 0 heterocycles. The standard InChI is InChI=1S/C13H17N/c1-5-11(4)14-13-8-6-7-12(9-13)10(2)3/h1,6-11,14H,2-4H3. The van der Waals surface area contributed by atoms with Crippen LogP contribution in [0.5, 0.6) is 0 Å². The highest BCUT2D eigenvalue weighted by molar-refractivity contribution is 5.48. The highest BCUT2D eigenvalue weighted by Gasteiger charge is 2.01. The Balaban J connectivity index is 2.79. The van der Waals surface area contributed by atoms with Crippen LogP contribution < -0.4 is 5.32 Å². The Hall–Kier alpha value is -1.42. The average molecular weight is 187 g/mol. The molecule has 0 aliphatic rings. The highest BCUT2D eigenvalue weighted by atomic mass is 14.9. The zero-order chi connectivity index (χ0) is 10.6. The molecule has 0 spiro atoms. The number of benzene rings is 1. The van der Waals surface area contributed by atoms with Gasteiger partial charge in [-0.15, -0.1) is 6.42 Å². The van der Waals surface area contributed by atoms with Gasteiger partial charge in [0, 0.05) is 5.69 Å². The first kappa shape index (κ1) is 10.7. The molecular formula is C13H17N. The molecule has 1 rings (SSSR count). The second-order valence-corrected chi connectivity index (χ2v) is 3.81. The molecule has 0 fully saturated rings. The monoisotopic (exact) mass is 187 g/mol. The van der Waals surface area contributed by atoms with Crippen LogP contribution in [0.25, 0.3) is 0 Å². The van der Waals surface area contributed by atoms with E-state index in [1.165, 1.54) is 5.56 Å². The minimum absolute atomic E-state index is 0.0809. The summed E-state index contributed by atoms with van der Waals surface area (Å²) in [7, 11) is 0. The Bertz CT molecular complexity index is 333. The fraction of sp³-hybridized carbons (Fsp3) is 0.385. The van der Waals surface area contributed by atoms with E-state index in [1.807, 2.05) is 13.0 Å². The van der Waals surface area contributed by atoms with Gasteiger partial charge in [-0.1, -0.05) is 31.9 Å². The maximum absolute atomic E-state index is 5.31. The van der Waals surface area contributed by atoms with E-state index in [2.05, 4.69) is 43.3 Å². The maximum atomic E-state index is 5.31. The topological polar surface area (TPSA) is 12.0 Å². The van der Waals surface area contributed by atoms with Crippen molar-refractivity contribution in [1.82, 2.24) is 0 Å². The predicted octanol–water partition coefficient (Wildman–Crippen LogP) is 3.24. The molecule has 1 aromatic carbocycles. The van der Waals surface area contributed by atoms with E-state index >= 15 is 0 Å². The van der Waals surface area contributed by atoms with E-state index in [0.717, 1.165) is 5.69 Å². The van der Waals surface area contributed by atoms with Crippen molar-refractivity contribution >= 4 is 5.69 Å². The van der Waals surface area contributed by atoms with Crippen LogP contribution in [0.2, 0.25) is 0 Å². The van der Waals surface area contributed by atoms with Crippen LogP contribution in [0.3, 0.4) is 0 Å². The van der Waals surface area contributed by atoms with E-state index in [4.69, 9.17) is 6.42 Å². The molecule has 0 bridgehead atoms. The number of anilines is 1. The van der Waals surface area contributed by atoms with E-state index in [-0.39, 0.29) is 6.04 Å². The van der Waals surface area contributed by atoms with Crippen molar-refractivity contribution < 1.29 is 0 Å². The Morgan fingerprint density at radius 2 is 2.00 bits per heavy atom. The summed E-state index contributed by atoms with van der Waals surface area (Å²) in [6.07, 6.45) is 5.31. The second-order valence-electron chi connectivity index (χ2n) is 3.81. The third-order valence-electron chi connectivity index (χ3n) is 2.19. The van der Waals surface area contributed by atoms with Crippen LogP contribution in [0.4, 0.5) is 5.69 Å². The molecule has 0 radical (unpaired) electrons. The van der Waals surface area contributed by atoms with Crippen LogP contribution in [0, 0.1) is 12.3 Å². The van der Waals surface area contributed by atoms with Gasteiger partial charge in [-0.05, 0) is 30.5 Å². The maximum Gasteiger partial charge on any atom is 0.0845 e. The van der Waals surface area contributed by atoms with Crippen molar-refractivity contribution in [3.63, 3.8) is 0 Å². The summed E-state index contributed by atoms with van der Waals surface area (Å²) >= 11 is 0. The third-order valence-corrected chi connectivity index (χ3v) is 2.19. The molecule has 74 valence electrons. The Morgan fingerprint density at radius 1 is 1.29 bits per heavy atom. The minimum atomic E-state index is 0.0809. The first-order valence-corrected chi connectivity index (χ1v) is 4.96. The summed E-state index contributed by atoms with van der Waals surface area (Å²) in [5, 5.41) is 3.25. The van der Waals surface area contributed by atoms with Gasteiger partial charge in [0.15, 0.2) is 0 Å². The van der Waals surface area contributed by atoms with Gasteiger partial charge in [-0.25, -0.2) is 0 Å². The van der Waals surface area contributed by atoms with Gasteiger partial charge in [-0.2, -0.15) is 0 Å². The van der Waals surface area contributed by atoms with Gasteiger partial charge in [-0.3, -0.25) is 0 Å². The smallest absolute Gasteiger partial charge is 0.0845 e. The molecule has 0 aromatic heterocycles. The first-order chi connectivity index (χ1) is 6.63. The summed E-state index contributed by atoms with van der Waals surface area (Å²) in [6.45, 7) is 6.34. The van der Waals surface area contributed by atoms with Crippen molar-refractivity contribution in [2.24, 2.45) is 0 Å². The lowest BCUT2D eigenvalue weighted by molar-refractivity contribution is 0.866. The van der Waals surface area contributed by atoms with Crippen molar-refractivity contribution in [2.75, 3.05) is 5.32 Å². The van der Waals surface area contributed by atoms with E-state index in [9.17, 15) is 0 Å². The van der Waals surface area contributed by atoms with Crippen LogP contribution in [-0.4, -0.2) is 6.04 Å². The summed E-state index contributed by atoms with van der Waals surface area (Å²) in [6, 6.07) is 8.47. The normalized spacial score (nSPS) is 12.2.